The van der Waals surface area contributed by atoms with E-state index in [1.807, 2.05) is 18.2 Å². The molecule has 3 nitrogen and oxygen atoms in total. The van der Waals surface area contributed by atoms with E-state index in [1.54, 1.807) is 6.07 Å². The average molecular weight is 261 g/mol. The molecule has 0 spiro atoms. The summed E-state index contributed by atoms with van der Waals surface area (Å²) in [5.74, 6) is 1.30. The molecule has 0 radical (unpaired) electrons. The molecule has 0 amide bonds. The van der Waals surface area contributed by atoms with Crippen LogP contribution in [0.3, 0.4) is 0 Å². The summed E-state index contributed by atoms with van der Waals surface area (Å²) in [6.45, 7) is 4.65. The zero-order chi connectivity index (χ0) is 13.8. The first-order valence-corrected chi connectivity index (χ1v) is 7.05. The van der Waals surface area contributed by atoms with Crippen molar-refractivity contribution in [1.29, 1.82) is 0 Å². The fourth-order valence-corrected chi connectivity index (χ4v) is 2.77. The van der Waals surface area contributed by atoms with Gasteiger partial charge >= 0.3 is 5.97 Å². The maximum absolute atomic E-state index is 11.5. The molecule has 0 heterocycles. The van der Waals surface area contributed by atoms with Crippen molar-refractivity contribution in [3.05, 3.63) is 29.8 Å². The Kier molecular flexibility index (Phi) is 4.46. The molecule has 1 N–H and O–H groups in total. The van der Waals surface area contributed by atoms with Crippen LogP contribution in [-0.2, 0) is 4.74 Å². The van der Waals surface area contributed by atoms with Crippen LogP contribution in [0.25, 0.3) is 0 Å². The number of rotatable bonds is 3. The van der Waals surface area contributed by atoms with Crippen LogP contribution in [0.2, 0.25) is 0 Å². The molecule has 1 aromatic carbocycles. The number of nitrogens with one attached hydrogen (secondary N) is 1. The summed E-state index contributed by atoms with van der Waals surface area (Å²) >= 11 is 0. The van der Waals surface area contributed by atoms with E-state index < -0.39 is 0 Å². The first-order valence-electron chi connectivity index (χ1n) is 7.05. The number of anilines is 1. The van der Waals surface area contributed by atoms with E-state index in [9.17, 15) is 4.79 Å². The Bertz CT molecular complexity index is 444. The monoisotopic (exact) mass is 261 g/mol. The molecule has 3 unspecified atom stereocenters. The number of ether oxygens (including phenoxy) is 1. The highest BCUT2D eigenvalue weighted by Crippen LogP contribution is 2.31. The van der Waals surface area contributed by atoms with Gasteiger partial charge in [0.2, 0.25) is 0 Å². The first-order chi connectivity index (χ1) is 9.10. The van der Waals surface area contributed by atoms with Gasteiger partial charge in [-0.3, -0.25) is 0 Å². The Morgan fingerprint density at radius 1 is 1.26 bits per heavy atom. The van der Waals surface area contributed by atoms with E-state index >= 15 is 0 Å². The third-order valence-electron chi connectivity index (χ3n) is 4.25. The molecular weight excluding hydrogens is 238 g/mol. The molecule has 104 valence electrons. The highest BCUT2D eigenvalue weighted by atomic mass is 16.5. The first kappa shape index (κ1) is 13.9. The van der Waals surface area contributed by atoms with E-state index in [0.717, 1.165) is 17.5 Å². The van der Waals surface area contributed by atoms with Gasteiger partial charge in [0.1, 0.15) is 0 Å². The minimum atomic E-state index is -0.283. The van der Waals surface area contributed by atoms with E-state index in [1.165, 1.54) is 26.4 Å². The summed E-state index contributed by atoms with van der Waals surface area (Å²) < 4.78 is 4.75. The third-order valence-corrected chi connectivity index (χ3v) is 4.25. The summed E-state index contributed by atoms with van der Waals surface area (Å²) in [4.78, 5) is 11.5. The summed E-state index contributed by atoms with van der Waals surface area (Å²) in [7, 11) is 1.41. The van der Waals surface area contributed by atoms with Gasteiger partial charge in [-0.05, 0) is 49.3 Å². The maximum Gasteiger partial charge on any atom is 0.337 e. The maximum atomic E-state index is 11.5. The smallest absolute Gasteiger partial charge is 0.337 e. The standard InChI is InChI=1S/C16H23NO2/c1-11-7-8-15(9-12(11)2)17-14-6-4-5-13(10-14)16(18)19-3/h4-6,10-12,15,17H,7-9H2,1-3H3. The molecule has 0 saturated heterocycles. The molecule has 1 aromatic rings. The van der Waals surface area contributed by atoms with Crippen LogP contribution < -0.4 is 5.32 Å². The number of methoxy groups -OCH3 is 1. The summed E-state index contributed by atoms with van der Waals surface area (Å²) in [5.41, 5.74) is 1.61. The lowest BCUT2D eigenvalue weighted by Crippen LogP contribution is -2.30. The Morgan fingerprint density at radius 2 is 2.05 bits per heavy atom. The van der Waals surface area contributed by atoms with Crippen LogP contribution in [0.1, 0.15) is 43.5 Å². The lowest BCUT2D eigenvalue weighted by Gasteiger charge is -2.33. The average Bonchev–Trinajstić information content (AvgIpc) is 2.42. The molecular formula is C16H23NO2. The minimum Gasteiger partial charge on any atom is -0.465 e. The molecule has 2 rings (SSSR count). The van der Waals surface area contributed by atoms with Gasteiger partial charge < -0.3 is 10.1 Å². The molecule has 0 aromatic heterocycles. The van der Waals surface area contributed by atoms with Crippen molar-refractivity contribution in [3.8, 4) is 0 Å². The quantitative estimate of drug-likeness (QED) is 0.843. The topological polar surface area (TPSA) is 38.3 Å². The molecule has 3 atom stereocenters. The van der Waals surface area contributed by atoms with Crippen molar-refractivity contribution in [2.45, 2.75) is 39.2 Å². The second-order valence-corrected chi connectivity index (χ2v) is 5.68. The molecule has 1 saturated carbocycles. The number of carbonyl (C=O) groups is 1. The van der Waals surface area contributed by atoms with Crippen LogP contribution >= 0.6 is 0 Å². The third kappa shape index (κ3) is 3.49. The molecule has 3 heteroatoms. The summed E-state index contributed by atoms with van der Waals surface area (Å²) in [6, 6.07) is 8.06. The molecule has 0 bridgehead atoms. The second kappa shape index (κ2) is 6.09. The fourth-order valence-electron chi connectivity index (χ4n) is 2.77. The molecule has 1 aliphatic rings. The van der Waals surface area contributed by atoms with Crippen LogP contribution in [0.15, 0.2) is 24.3 Å². The van der Waals surface area contributed by atoms with Gasteiger partial charge in [0.15, 0.2) is 0 Å². The fraction of sp³-hybridized carbons (Fsp3) is 0.562. The predicted octanol–water partition coefficient (Wildman–Crippen LogP) is 3.71. The summed E-state index contributed by atoms with van der Waals surface area (Å²) in [5, 5.41) is 3.54. The van der Waals surface area contributed by atoms with Crippen molar-refractivity contribution in [2.75, 3.05) is 12.4 Å². The van der Waals surface area contributed by atoms with Crippen molar-refractivity contribution in [1.82, 2.24) is 0 Å². The van der Waals surface area contributed by atoms with Crippen LogP contribution in [0.5, 0.6) is 0 Å². The van der Waals surface area contributed by atoms with E-state index in [4.69, 9.17) is 4.74 Å². The largest absolute Gasteiger partial charge is 0.465 e. The van der Waals surface area contributed by atoms with Crippen molar-refractivity contribution < 1.29 is 9.53 Å². The van der Waals surface area contributed by atoms with Gasteiger partial charge in [0.05, 0.1) is 12.7 Å². The van der Waals surface area contributed by atoms with Gasteiger partial charge in [-0.25, -0.2) is 4.79 Å². The van der Waals surface area contributed by atoms with Gasteiger partial charge in [-0.1, -0.05) is 19.9 Å². The lowest BCUT2D eigenvalue weighted by molar-refractivity contribution is 0.0601. The van der Waals surface area contributed by atoms with E-state index in [2.05, 4.69) is 19.2 Å². The van der Waals surface area contributed by atoms with Gasteiger partial charge in [-0.2, -0.15) is 0 Å². The number of hydrogen-bond donors (Lipinski definition) is 1. The van der Waals surface area contributed by atoms with Gasteiger partial charge in [-0.15, -0.1) is 0 Å². The molecule has 1 fully saturated rings. The van der Waals surface area contributed by atoms with Crippen molar-refractivity contribution in [3.63, 3.8) is 0 Å². The highest BCUT2D eigenvalue weighted by Gasteiger charge is 2.24. The van der Waals surface area contributed by atoms with Crippen LogP contribution in [0, 0.1) is 11.8 Å². The van der Waals surface area contributed by atoms with Gasteiger partial charge in [0.25, 0.3) is 0 Å². The van der Waals surface area contributed by atoms with Crippen LogP contribution in [0.4, 0.5) is 5.69 Å². The Labute approximate surface area is 115 Å². The van der Waals surface area contributed by atoms with Crippen LogP contribution in [-0.4, -0.2) is 19.1 Å². The zero-order valence-corrected chi connectivity index (χ0v) is 12.0. The van der Waals surface area contributed by atoms with E-state index in [-0.39, 0.29) is 5.97 Å². The normalized spacial score (nSPS) is 26.8. The number of hydrogen-bond acceptors (Lipinski definition) is 3. The Hall–Kier alpha value is -1.51. The number of carbonyl (C=O) groups excluding carboxylic acids is 1. The van der Waals surface area contributed by atoms with Crippen molar-refractivity contribution in [2.24, 2.45) is 11.8 Å². The lowest BCUT2D eigenvalue weighted by atomic mass is 9.79. The molecule has 1 aliphatic carbocycles. The number of benzene rings is 1. The highest BCUT2D eigenvalue weighted by molar-refractivity contribution is 5.90. The summed E-state index contributed by atoms with van der Waals surface area (Å²) in [6.07, 6.45) is 3.67. The number of esters is 1. The predicted molar refractivity (Wildman–Crippen MR) is 77.4 cm³/mol. The van der Waals surface area contributed by atoms with Gasteiger partial charge in [0, 0.05) is 11.7 Å². The Balaban J connectivity index is 2.01. The zero-order valence-electron chi connectivity index (χ0n) is 12.0. The van der Waals surface area contributed by atoms with Crippen molar-refractivity contribution >= 4 is 11.7 Å². The minimum absolute atomic E-state index is 0.283. The van der Waals surface area contributed by atoms with E-state index in [0.29, 0.717) is 11.6 Å². The molecule has 0 aliphatic heterocycles. The molecule has 19 heavy (non-hydrogen) atoms. The SMILES string of the molecule is COC(=O)c1cccc(NC2CCC(C)C(C)C2)c1. The Morgan fingerprint density at radius 3 is 2.74 bits per heavy atom. The second-order valence-electron chi connectivity index (χ2n) is 5.68.